The summed E-state index contributed by atoms with van der Waals surface area (Å²) < 4.78 is 1.98. The van der Waals surface area contributed by atoms with Crippen LogP contribution in [0.5, 0.6) is 0 Å². The molecule has 0 aliphatic rings. The largest absolute Gasteiger partial charge is 0.310 e. The van der Waals surface area contributed by atoms with Gasteiger partial charge in [0.1, 0.15) is 0 Å². The van der Waals surface area contributed by atoms with Gasteiger partial charge in [0.15, 0.2) is 0 Å². The Hall–Kier alpha value is -0.830. The summed E-state index contributed by atoms with van der Waals surface area (Å²) >= 11 is 0. The Bertz CT molecular complexity index is 255. The molecule has 0 saturated carbocycles. The molecule has 0 aliphatic heterocycles. The van der Waals surface area contributed by atoms with Gasteiger partial charge in [-0.05, 0) is 26.3 Å². The Labute approximate surface area is 86.5 Å². The Kier molecular flexibility index (Phi) is 4.66. The molecule has 14 heavy (non-hydrogen) atoms. The summed E-state index contributed by atoms with van der Waals surface area (Å²) in [4.78, 5) is 0. The third-order valence-corrected chi connectivity index (χ3v) is 2.43. The van der Waals surface area contributed by atoms with Crippen LogP contribution in [-0.4, -0.2) is 16.3 Å². The highest BCUT2D eigenvalue weighted by atomic mass is 15.3. The predicted molar refractivity (Wildman–Crippen MR) is 59.2 cm³/mol. The molecule has 3 heteroatoms. The van der Waals surface area contributed by atoms with E-state index in [0.29, 0.717) is 6.04 Å². The molecular weight excluding hydrogens is 174 g/mol. The lowest BCUT2D eigenvalue weighted by atomic mass is 10.1. The first-order valence-corrected chi connectivity index (χ1v) is 5.57. The fourth-order valence-corrected chi connectivity index (χ4v) is 1.55. The minimum atomic E-state index is 0.468. The van der Waals surface area contributed by atoms with E-state index in [1.807, 2.05) is 10.9 Å². The van der Waals surface area contributed by atoms with Crippen molar-refractivity contribution < 1.29 is 0 Å². The van der Waals surface area contributed by atoms with Gasteiger partial charge >= 0.3 is 0 Å². The molecule has 1 N–H and O–H groups in total. The molecule has 0 aromatic carbocycles. The van der Waals surface area contributed by atoms with Gasteiger partial charge in [0, 0.05) is 24.3 Å². The van der Waals surface area contributed by atoms with Gasteiger partial charge < -0.3 is 5.32 Å². The molecule has 0 spiro atoms. The van der Waals surface area contributed by atoms with E-state index in [2.05, 4.69) is 37.4 Å². The van der Waals surface area contributed by atoms with Crippen molar-refractivity contribution in [2.45, 2.75) is 46.2 Å². The summed E-state index contributed by atoms with van der Waals surface area (Å²) in [7, 11) is 0. The van der Waals surface area contributed by atoms with Gasteiger partial charge in [0.25, 0.3) is 0 Å². The molecule has 1 aromatic heterocycles. The maximum Gasteiger partial charge on any atom is 0.0537 e. The van der Waals surface area contributed by atoms with Crippen molar-refractivity contribution in [3.63, 3.8) is 0 Å². The van der Waals surface area contributed by atoms with Crippen LogP contribution in [0.1, 0.15) is 45.2 Å². The van der Waals surface area contributed by atoms with Crippen LogP contribution in [0.15, 0.2) is 12.4 Å². The van der Waals surface area contributed by atoms with E-state index in [-0.39, 0.29) is 0 Å². The molecule has 3 nitrogen and oxygen atoms in total. The van der Waals surface area contributed by atoms with Crippen molar-refractivity contribution in [1.29, 1.82) is 0 Å². The zero-order valence-corrected chi connectivity index (χ0v) is 9.45. The number of hydrogen-bond acceptors (Lipinski definition) is 2. The summed E-state index contributed by atoms with van der Waals surface area (Å²) in [6.45, 7) is 8.53. The minimum Gasteiger partial charge on any atom is -0.310 e. The number of nitrogens with zero attached hydrogens (tertiary/aromatic N) is 2. The maximum atomic E-state index is 4.29. The van der Waals surface area contributed by atoms with Crippen LogP contribution in [0.3, 0.4) is 0 Å². The monoisotopic (exact) mass is 195 g/mol. The van der Waals surface area contributed by atoms with Crippen LogP contribution in [0.25, 0.3) is 0 Å². The summed E-state index contributed by atoms with van der Waals surface area (Å²) in [5, 5.41) is 7.81. The SMILES string of the molecule is CCCNC(CC)c1cnn(CC)c1. The molecule has 1 rings (SSSR count). The van der Waals surface area contributed by atoms with Gasteiger partial charge in [0.05, 0.1) is 6.20 Å². The van der Waals surface area contributed by atoms with E-state index in [9.17, 15) is 0 Å². The molecule has 1 unspecified atom stereocenters. The second-order valence-electron chi connectivity index (χ2n) is 3.54. The highest BCUT2D eigenvalue weighted by Crippen LogP contribution is 2.15. The summed E-state index contributed by atoms with van der Waals surface area (Å²) in [5.74, 6) is 0. The minimum absolute atomic E-state index is 0.468. The number of aryl methyl sites for hydroxylation is 1. The van der Waals surface area contributed by atoms with Crippen molar-refractivity contribution in [2.24, 2.45) is 0 Å². The van der Waals surface area contributed by atoms with Gasteiger partial charge in [-0.1, -0.05) is 13.8 Å². The standard InChI is InChI=1S/C11H21N3/c1-4-7-12-11(5-2)10-8-13-14(6-3)9-10/h8-9,11-12H,4-7H2,1-3H3. The van der Waals surface area contributed by atoms with E-state index in [1.54, 1.807) is 0 Å². The fourth-order valence-electron chi connectivity index (χ4n) is 1.55. The van der Waals surface area contributed by atoms with Crippen LogP contribution in [0, 0.1) is 0 Å². The lowest BCUT2D eigenvalue weighted by Crippen LogP contribution is -2.21. The summed E-state index contributed by atoms with van der Waals surface area (Å²) in [5.41, 5.74) is 1.31. The fraction of sp³-hybridized carbons (Fsp3) is 0.727. The Balaban J connectivity index is 2.58. The Morgan fingerprint density at radius 2 is 2.21 bits per heavy atom. The van der Waals surface area contributed by atoms with Crippen LogP contribution in [-0.2, 0) is 6.54 Å². The van der Waals surface area contributed by atoms with Gasteiger partial charge in [-0.15, -0.1) is 0 Å². The van der Waals surface area contributed by atoms with E-state index < -0.39 is 0 Å². The highest BCUT2D eigenvalue weighted by Gasteiger charge is 2.09. The average Bonchev–Trinajstić information content (AvgIpc) is 2.68. The van der Waals surface area contributed by atoms with E-state index in [0.717, 1.165) is 19.5 Å². The first kappa shape index (κ1) is 11.2. The van der Waals surface area contributed by atoms with Gasteiger partial charge in [0.2, 0.25) is 0 Å². The lowest BCUT2D eigenvalue weighted by molar-refractivity contribution is 0.517. The third-order valence-electron chi connectivity index (χ3n) is 2.43. The Morgan fingerprint density at radius 3 is 2.71 bits per heavy atom. The normalized spacial score (nSPS) is 13.1. The van der Waals surface area contributed by atoms with Crippen molar-refractivity contribution in [3.05, 3.63) is 18.0 Å². The third kappa shape index (κ3) is 2.84. The molecular formula is C11H21N3. The number of hydrogen-bond donors (Lipinski definition) is 1. The second-order valence-corrected chi connectivity index (χ2v) is 3.54. The number of nitrogens with one attached hydrogen (secondary N) is 1. The van der Waals surface area contributed by atoms with E-state index >= 15 is 0 Å². The lowest BCUT2D eigenvalue weighted by Gasteiger charge is -2.14. The van der Waals surface area contributed by atoms with Crippen LogP contribution >= 0.6 is 0 Å². The van der Waals surface area contributed by atoms with Crippen LogP contribution in [0.4, 0.5) is 0 Å². The zero-order valence-electron chi connectivity index (χ0n) is 9.45. The molecule has 0 saturated heterocycles. The molecule has 0 amide bonds. The molecule has 1 heterocycles. The van der Waals surface area contributed by atoms with Crippen LogP contribution in [0.2, 0.25) is 0 Å². The highest BCUT2D eigenvalue weighted by molar-refractivity contribution is 5.09. The number of rotatable bonds is 6. The molecule has 1 aromatic rings. The Morgan fingerprint density at radius 1 is 1.43 bits per heavy atom. The van der Waals surface area contributed by atoms with Gasteiger partial charge in [-0.2, -0.15) is 5.10 Å². The van der Waals surface area contributed by atoms with Crippen LogP contribution < -0.4 is 5.32 Å². The van der Waals surface area contributed by atoms with Gasteiger partial charge in [-0.25, -0.2) is 0 Å². The van der Waals surface area contributed by atoms with E-state index in [4.69, 9.17) is 0 Å². The van der Waals surface area contributed by atoms with Crippen molar-refractivity contribution in [3.8, 4) is 0 Å². The molecule has 1 atom stereocenters. The molecule has 0 bridgehead atoms. The van der Waals surface area contributed by atoms with Gasteiger partial charge in [-0.3, -0.25) is 4.68 Å². The topological polar surface area (TPSA) is 29.9 Å². The summed E-state index contributed by atoms with van der Waals surface area (Å²) in [6, 6.07) is 0.468. The average molecular weight is 195 g/mol. The van der Waals surface area contributed by atoms with Crippen molar-refractivity contribution in [1.82, 2.24) is 15.1 Å². The molecule has 80 valence electrons. The predicted octanol–water partition coefficient (Wildman–Crippen LogP) is 2.35. The first-order valence-electron chi connectivity index (χ1n) is 5.57. The quantitative estimate of drug-likeness (QED) is 0.755. The first-order chi connectivity index (χ1) is 6.81. The second kappa shape index (κ2) is 5.81. The molecule has 0 aliphatic carbocycles. The van der Waals surface area contributed by atoms with E-state index in [1.165, 1.54) is 12.0 Å². The number of aromatic nitrogens is 2. The van der Waals surface area contributed by atoms with Crippen molar-refractivity contribution in [2.75, 3.05) is 6.54 Å². The zero-order chi connectivity index (χ0) is 10.4. The van der Waals surface area contributed by atoms with Crippen molar-refractivity contribution >= 4 is 0 Å². The summed E-state index contributed by atoms with van der Waals surface area (Å²) in [6.07, 6.45) is 6.41. The molecule has 0 fully saturated rings. The maximum absolute atomic E-state index is 4.29. The smallest absolute Gasteiger partial charge is 0.0537 e. The molecule has 0 radical (unpaired) electrons.